The number of halogens is 3. The summed E-state index contributed by atoms with van der Waals surface area (Å²) in [6.45, 7) is 9.59. The van der Waals surface area contributed by atoms with Crippen LogP contribution >= 0.6 is 23.2 Å². The van der Waals surface area contributed by atoms with E-state index in [9.17, 15) is 4.39 Å². The van der Waals surface area contributed by atoms with Crippen molar-refractivity contribution in [3.05, 3.63) is 57.5 Å². The van der Waals surface area contributed by atoms with Crippen molar-refractivity contribution in [2.45, 2.75) is 58.2 Å². The monoisotopic (exact) mass is 505 g/mol. The van der Waals surface area contributed by atoms with Crippen LogP contribution in [0.2, 0.25) is 10.0 Å². The van der Waals surface area contributed by atoms with Gasteiger partial charge in [0.05, 0.1) is 5.02 Å². The molecule has 2 aliphatic heterocycles. The van der Waals surface area contributed by atoms with Crippen LogP contribution in [0.4, 0.5) is 10.2 Å². The summed E-state index contributed by atoms with van der Waals surface area (Å²) in [5.74, 6) is 0.607. The number of pyridine rings is 1. The van der Waals surface area contributed by atoms with E-state index < -0.39 is 0 Å². The van der Waals surface area contributed by atoms with Crippen LogP contribution < -0.4 is 4.90 Å². The van der Waals surface area contributed by atoms with Crippen molar-refractivity contribution in [2.24, 2.45) is 0 Å². The number of hydrogen-bond donors (Lipinski definition) is 1. The fourth-order valence-electron chi connectivity index (χ4n) is 5.24. The smallest absolute Gasteiger partial charge is 0.147 e. The van der Waals surface area contributed by atoms with Gasteiger partial charge in [0.15, 0.2) is 0 Å². The number of rotatable bonds is 7. The standard InChI is InChI=1S/C26H34Cl2FN5/c1-3-21-17-33(26-23(28)13-19(15-31-26)25(30)4-2)11-12-34(21)22-7-9-32(10-8-22)16-18-5-6-20(27)14-24(18)29/h5-6,13-15,21-22,30H,3-4,7-12,16-17H2,1-2H3/t21-/m0/s1. The Morgan fingerprint density at radius 2 is 1.88 bits per heavy atom. The number of benzene rings is 1. The average Bonchev–Trinajstić information content (AvgIpc) is 2.85. The van der Waals surface area contributed by atoms with Gasteiger partial charge in [-0.15, -0.1) is 0 Å². The number of hydrogen-bond acceptors (Lipinski definition) is 5. The lowest BCUT2D eigenvalue weighted by Gasteiger charge is -2.47. The normalized spacial score (nSPS) is 20.6. The van der Waals surface area contributed by atoms with E-state index in [-0.39, 0.29) is 5.82 Å². The first-order valence-electron chi connectivity index (χ1n) is 12.3. The summed E-state index contributed by atoms with van der Waals surface area (Å²) in [4.78, 5) is 11.9. The maximum Gasteiger partial charge on any atom is 0.147 e. The van der Waals surface area contributed by atoms with Gasteiger partial charge in [-0.3, -0.25) is 9.80 Å². The second-order valence-corrected chi connectivity index (χ2v) is 10.2. The molecule has 2 saturated heterocycles. The first-order valence-corrected chi connectivity index (χ1v) is 13.1. The molecule has 1 N–H and O–H groups in total. The second kappa shape index (κ2) is 11.3. The largest absolute Gasteiger partial charge is 0.353 e. The zero-order valence-electron chi connectivity index (χ0n) is 20.0. The van der Waals surface area contributed by atoms with Crippen molar-refractivity contribution in [1.29, 1.82) is 5.41 Å². The highest BCUT2D eigenvalue weighted by atomic mass is 35.5. The van der Waals surface area contributed by atoms with E-state index in [1.165, 1.54) is 6.07 Å². The van der Waals surface area contributed by atoms with Crippen LogP contribution in [-0.4, -0.2) is 65.3 Å². The SMILES string of the molecule is CCC(=N)c1cnc(N2CCN(C3CCN(Cc4ccc(Cl)cc4F)CC3)[C@@H](CC)C2)c(Cl)c1. The lowest BCUT2D eigenvalue weighted by molar-refractivity contribution is 0.0607. The van der Waals surface area contributed by atoms with Crippen LogP contribution in [0.1, 0.15) is 50.7 Å². The van der Waals surface area contributed by atoms with Gasteiger partial charge >= 0.3 is 0 Å². The van der Waals surface area contributed by atoms with Gasteiger partial charge in [0.2, 0.25) is 0 Å². The molecule has 0 spiro atoms. The van der Waals surface area contributed by atoms with Crippen molar-refractivity contribution < 1.29 is 4.39 Å². The Morgan fingerprint density at radius 3 is 2.53 bits per heavy atom. The molecule has 0 bridgehead atoms. The van der Waals surface area contributed by atoms with Gasteiger partial charge in [-0.05, 0) is 57.0 Å². The topological polar surface area (TPSA) is 46.5 Å². The Kier molecular flexibility index (Phi) is 8.46. The lowest BCUT2D eigenvalue weighted by atomic mass is 9.97. The highest BCUT2D eigenvalue weighted by molar-refractivity contribution is 6.33. The van der Waals surface area contributed by atoms with E-state index in [1.807, 2.05) is 13.0 Å². The van der Waals surface area contributed by atoms with Crippen LogP contribution in [0, 0.1) is 11.2 Å². The zero-order valence-corrected chi connectivity index (χ0v) is 21.5. The third-order valence-electron chi connectivity index (χ3n) is 7.26. The van der Waals surface area contributed by atoms with Crippen LogP contribution in [0.3, 0.4) is 0 Å². The third kappa shape index (κ3) is 5.73. The maximum absolute atomic E-state index is 14.2. The summed E-state index contributed by atoms with van der Waals surface area (Å²) in [6.07, 6.45) is 5.71. The van der Waals surface area contributed by atoms with Gasteiger partial charge in [0.1, 0.15) is 11.6 Å². The summed E-state index contributed by atoms with van der Waals surface area (Å²) < 4.78 is 14.2. The van der Waals surface area contributed by atoms with Gasteiger partial charge in [-0.1, -0.05) is 43.1 Å². The van der Waals surface area contributed by atoms with E-state index in [4.69, 9.17) is 28.6 Å². The number of nitrogens with zero attached hydrogens (tertiary/aromatic N) is 4. The molecule has 0 unspecified atom stereocenters. The number of piperidine rings is 1. The number of piperazine rings is 1. The molecule has 1 aromatic carbocycles. The van der Waals surface area contributed by atoms with Crippen LogP contribution in [-0.2, 0) is 6.54 Å². The molecule has 4 rings (SSSR count). The lowest BCUT2D eigenvalue weighted by Crippen LogP contribution is -2.58. The average molecular weight is 506 g/mol. The van der Waals surface area contributed by atoms with Crippen molar-refractivity contribution in [3.63, 3.8) is 0 Å². The molecule has 0 aliphatic carbocycles. The highest BCUT2D eigenvalue weighted by Gasteiger charge is 2.34. The van der Waals surface area contributed by atoms with E-state index in [0.29, 0.717) is 46.4 Å². The molecule has 2 aliphatic rings. The molecule has 2 fully saturated rings. The number of likely N-dealkylation sites (tertiary alicyclic amines) is 1. The predicted molar refractivity (Wildman–Crippen MR) is 139 cm³/mol. The molecule has 0 amide bonds. The zero-order chi connectivity index (χ0) is 24.2. The fourth-order valence-corrected chi connectivity index (χ4v) is 5.68. The first kappa shape index (κ1) is 25.4. The molecule has 34 heavy (non-hydrogen) atoms. The Morgan fingerprint density at radius 1 is 1.12 bits per heavy atom. The van der Waals surface area contributed by atoms with Crippen LogP contribution in [0.15, 0.2) is 30.5 Å². The van der Waals surface area contributed by atoms with Gasteiger partial charge < -0.3 is 10.3 Å². The Labute approximate surface area is 212 Å². The maximum atomic E-state index is 14.2. The van der Waals surface area contributed by atoms with Gasteiger partial charge in [0, 0.05) is 66.3 Å². The fraction of sp³-hybridized carbons (Fsp3) is 0.538. The molecule has 3 heterocycles. The molecular formula is C26H34Cl2FN5. The van der Waals surface area contributed by atoms with Gasteiger partial charge in [-0.25, -0.2) is 9.37 Å². The number of aromatic nitrogens is 1. The quantitative estimate of drug-likeness (QED) is 0.477. The van der Waals surface area contributed by atoms with Crippen molar-refractivity contribution in [2.75, 3.05) is 37.6 Å². The van der Waals surface area contributed by atoms with Crippen molar-refractivity contribution >= 4 is 34.7 Å². The van der Waals surface area contributed by atoms with E-state index in [1.54, 1.807) is 18.3 Å². The second-order valence-electron chi connectivity index (χ2n) is 9.35. The summed E-state index contributed by atoms with van der Waals surface area (Å²) in [5, 5.41) is 9.11. The summed E-state index contributed by atoms with van der Waals surface area (Å²) in [5.41, 5.74) is 2.07. The summed E-state index contributed by atoms with van der Waals surface area (Å²) in [6, 6.07) is 7.84. The molecule has 1 atom stereocenters. The van der Waals surface area contributed by atoms with E-state index in [2.05, 4.69) is 26.6 Å². The molecular weight excluding hydrogens is 472 g/mol. The minimum Gasteiger partial charge on any atom is -0.353 e. The molecule has 0 radical (unpaired) electrons. The molecule has 5 nitrogen and oxygen atoms in total. The summed E-state index contributed by atoms with van der Waals surface area (Å²) in [7, 11) is 0. The van der Waals surface area contributed by atoms with E-state index in [0.717, 1.165) is 63.4 Å². The Balaban J connectivity index is 1.34. The number of nitrogens with one attached hydrogen (secondary N) is 1. The van der Waals surface area contributed by atoms with E-state index >= 15 is 0 Å². The molecule has 2 aromatic rings. The molecule has 1 aromatic heterocycles. The Bertz CT molecular complexity index is 1010. The minimum atomic E-state index is -0.219. The number of anilines is 1. The predicted octanol–water partition coefficient (Wildman–Crippen LogP) is 5.87. The molecule has 8 heteroatoms. The first-order chi connectivity index (χ1) is 16.4. The minimum absolute atomic E-state index is 0.219. The highest BCUT2D eigenvalue weighted by Crippen LogP contribution is 2.30. The summed E-state index contributed by atoms with van der Waals surface area (Å²) >= 11 is 12.5. The van der Waals surface area contributed by atoms with Gasteiger partial charge in [0.25, 0.3) is 0 Å². The third-order valence-corrected chi connectivity index (χ3v) is 7.77. The molecule has 184 valence electrons. The Hall–Kier alpha value is -1.73. The van der Waals surface area contributed by atoms with Crippen LogP contribution in [0.5, 0.6) is 0 Å². The van der Waals surface area contributed by atoms with Crippen LogP contribution in [0.25, 0.3) is 0 Å². The van der Waals surface area contributed by atoms with Crippen molar-refractivity contribution in [1.82, 2.24) is 14.8 Å². The van der Waals surface area contributed by atoms with Gasteiger partial charge in [-0.2, -0.15) is 0 Å². The molecule has 0 saturated carbocycles. The van der Waals surface area contributed by atoms with Crippen molar-refractivity contribution in [3.8, 4) is 0 Å².